The summed E-state index contributed by atoms with van der Waals surface area (Å²) in [6.45, 7) is 0. The monoisotopic (exact) mass is 246 g/mol. The number of pyridine rings is 1. The summed E-state index contributed by atoms with van der Waals surface area (Å²) in [6.07, 6.45) is 7.38. The lowest BCUT2D eigenvalue weighted by Gasteiger charge is -2.18. The molecule has 0 bridgehead atoms. The minimum Gasteiger partial charge on any atom is -0.306 e. The van der Waals surface area contributed by atoms with E-state index in [0.29, 0.717) is 11.5 Å². The van der Waals surface area contributed by atoms with Crippen LogP contribution in [0.1, 0.15) is 34.8 Å². The minimum absolute atomic E-state index is 0.549. The van der Waals surface area contributed by atoms with E-state index in [1.165, 1.54) is 18.6 Å². The Bertz CT molecular complexity index is 543. The molecule has 1 atom stereocenters. The maximum atomic E-state index is 10.9. The summed E-state index contributed by atoms with van der Waals surface area (Å²) in [6, 6.07) is 3.70. The third kappa shape index (κ3) is 1.97. The first-order valence-corrected chi connectivity index (χ1v) is 7.04. The van der Waals surface area contributed by atoms with Gasteiger partial charge in [0.1, 0.15) is 5.65 Å². The van der Waals surface area contributed by atoms with Crippen molar-refractivity contribution in [2.45, 2.75) is 18.8 Å². The summed E-state index contributed by atoms with van der Waals surface area (Å²) >= 11 is 2.00. The molecule has 0 aromatic carbocycles. The summed E-state index contributed by atoms with van der Waals surface area (Å²) in [4.78, 5) is 15.6. The van der Waals surface area contributed by atoms with Gasteiger partial charge in [0, 0.05) is 24.1 Å². The fourth-order valence-corrected chi connectivity index (χ4v) is 3.48. The average Bonchev–Trinajstić information content (AvgIpc) is 2.83. The van der Waals surface area contributed by atoms with Crippen LogP contribution in [0, 0.1) is 0 Å². The van der Waals surface area contributed by atoms with Crippen molar-refractivity contribution in [2.75, 3.05) is 11.5 Å². The highest BCUT2D eigenvalue weighted by Gasteiger charge is 2.19. The number of hydrogen-bond acceptors (Lipinski definition) is 3. The number of aromatic nitrogens is 2. The van der Waals surface area contributed by atoms with Gasteiger partial charge < -0.3 is 4.40 Å². The highest BCUT2D eigenvalue weighted by Crippen LogP contribution is 2.30. The standard InChI is InChI=1S/C13H14N2OS/c16-8-10-3-1-5-15-7-12(14-13(10)15)11-4-2-6-17-9-11/h1,3,5,7-8,11H,2,4,6,9H2. The van der Waals surface area contributed by atoms with Crippen LogP contribution in [0.15, 0.2) is 24.5 Å². The van der Waals surface area contributed by atoms with Crippen LogP contribution in [-0.4, -0.2) is 27.2 Å². The van der Waals surface area contributed by atoms with E-state index in [9.17, 15) is 4.79 Å². The maximum absolute atomic E-state index is 10.9. The van der Waals surface area contributed by atoms with E-state index in [-0.39, 0.29) is 0 Å². The quantitative estimate of drug-likeness (QED) is 0.764. The van der Waals surface area contributed by atoms with E-state index < -0.39 is 0 Å². The molecule has 3 nitrogen and oxygen atoms in total. The summed E-state index contributed by atoms with van der Waals surface area (Å²) in [5, 5.41) is 0. The smallest absolute Gasteiger partial charge is 0.153 e. The molecule has 0 aliphatic carbocycles. The van der Waals surface area contributed by atoms with E-state index in [2.05, 4.69) is 11.2 Å². The molecule has 1 fully saturated rings. The fourth-order valence-electron chi connectivity index (χ4n) is 2.32. The van der Waals surface area contributed by atoms with Crippen molar-refractivity contribution < 1.29 is 4.79 Å². The predicted molar refractivity (Wildman–Crippen MR) is 69.9 cm³/mol. The van der Waals surface area contributed by atoms with E-state index in [1.54, 1.807) is 0 Å². The zero-order valence-corrected chi connectivity index (χ0v) is 10.3. The molecule has 0 N–H and O–H groups in total. The molecule has 1 aliphatic heterocycles. The second kappa shape index (κ2) is 4.53. The van der Waals surface area contributed by atoms with Crippen molar-refractivity contribution in [1.29, 1.82) is 0 Å². The van der Waals surface area contributed by atoms with E-state index >= 15 is 0 Å². The topological polar surface area (TPSA) is 34.4 Å². The van der Waals surface area contributed by atoms with Gasteiger partial charge in [0.2, 0.25) is 0 Å². The number of nitrogens with zero attached hydrogens (tertiary/aromatic N) is 2. The van der Waals surface area contributed by atoms with Gasteiger partial charge in [-0.2, -0.15) is 11.8 Å². The number of fused-ring (bicyclic) bond motifs is 1. The molecule has 0 amide bonds. The average molecular weight is 246 g/mol. The third-order valence-corrected chi connectivity index (χ3v) is 4.45. The summed E-state index contributed by atoms with van der Waals surface area (Å²) < 4.78 is 1.96. The third-order valence-electron chi connectivity index (χ3n) is 3.24. The van der Waals surface area contributed by atoms with E-state index in [0.717, 1.165) is 23.4 Å². The van der Waals surface area contributed by atoms with Crippen LogP contribution in [0.25, 0.3) is 5.65 Å². The summed E-state index contributed by atoms with van der Waals surface area (Å²) in [7, 11) is 0. The van der Waals surface area contributed by atoms with Gasteiger partial charge in [-0.15, -0.1) is 0 Å². The Morgan fingerprint density at radius 2 is 2.47 bits per heavy atom. The Hall–Kier alpha value is -1.29. The number of thioether (sulfide) groups is 1. The molecule has 2 aromatic heterocycles. The molecule has 3 rings (SSSR count). The Kier molecular flexibility index (Phi) is 2.89. The van der Waals surface area contributed by atoms with Crippen molar-refractivity contribution in [3.8, 4) is 0 Å². The van der Waals surface area contributed by atoms with Crippen molar-refractivity contribution >= 4 is 23.7 Å². The zero-order chi connectivity index (χ0) is 11.7. The highest BCUT2D eigenvalue weighted by molar-refractivity contribution is 7.99. The molecule has 4 heteroatoms. The molecular formula is C13H14N2OS. The number of carbonyl (C=O) groups is 1. The molecule has 3 heterocycles. The number of rotatable bonds is 2. The Morgan fingerprint density at radius 3 is 3.24 bits per heavy atom. The Balaban J connectivity index is 2.03. The van der Waals surface area contributed by atoms with Gasteiger partial charge in [-0.25, -0.2) is 4.98 Å². The van der Waals surface area contributed by atoms with Gasteiger partial charge in [0.05, 0.1) is 11.3 Å². The largest absolute Gasteiger partial charge is 0.306 e. The van der Waals surface area contributed by atoms with Gasteiger partial charge in [0.25, 0.3) is 0 Å². The summed E-state index contributed by atoms with van der Waals surface area (Å²) in [5.74, 6) is 2.97. The first-order chi connectivity index (χ1) is 8.38. The lowest BCUT2D eigenvalue weighted by atomic mass is 10.0. The second-order valence-corrected chi connectivity index (χ2v) is 5.54. The minimum atomic E-state index is 0.549. The van der Waals surface area contributed by atoms with Crippen molar-refractivity contribution in [1.82, 2.24) is 9.38 Å². The fraction of sp³-hybridized carbons (Fsp3) is 0.385. The van der Waals surface area contributed by atoms with Crippen LogP contribution in [0.4, 0.5) is 0 Å². The van der Waals surface area contributed by atoms with Crippen molar-refractivity contribution in [3.63, 3.8) is 0 Å². The lowest BCUT2D eigenvalue weighted by molar-refractivity contribution is 0.112. The van der Waals surface area contributed by atoms with Crippen LogP contribution in [-0.2, 0) is 0 Å². The SMILES string of the molecule is O=Cc1cccn2cc(C3CCCSC3)nc12. The Labute approximate surface area is 104 Å². The first-order valence-electron chi connectivity index (χ1n) is 5.89. The Morgan fingerprint density at radius 1 is 1.53 bits per heavy atom. The van der Waals surface area contributed by atoms with E-state index in [1.807, 2.05) is 34.5 Å². The molecule has 1 saturated heterocycles. The molecule has 0 radical (unpaired) electrons. The lowest BCUT2D eigenvalue weighted by Crippen LogP contribution is -2.08. The molecule has 1 aliphatic rings. The second-order valence-electron chi connectivity index (χ2n) is 4.39. The van der Waals surface area contributed by atoms with Crippen LogP contribution >= 0.6 is 11.8 Å². The molecular weight excluding hydrogens is 232 g/mol. The predicted octanol–water partition coefficient (Wildman–Crippen LogP) is 2.76. The van der Waals surface area contributed by atoms with Gasteiger partial charge >= 0.3 is 0 Å². The van der Waals surface area contributed by atoms with Crippen LogP contribution in [0.5, 0.6) is 0 Å². The van der Waals surface area contributed by atoms with Gasteiger partial charge in [-0.05, 0) is 30.7 Å². The molecule has 2 aromatic rings. The van der Waals surface area contributed by atoms with Gasteiger partial charge in [-0.1, -0.05) is 0 Å². The van der Waals surface area contributed by atoms with Crippen LogP contribution in [0.3, 0.4) is 0 Å². The molecule has 0 saturated carbocycles. The van der Waals surface area contributed by atoms with Crippen LogP contribution < -0.4 is 0 Å². The molecule has 1 unspecified atom stereocenters. The normalized spacial score (nSPS) is 20.6. The van der Waals surface area contributed by atoms with Crippen molar-refractivity contribution in [2.24, 2.45) is 0 Å². The molecule has 88 valence electrons. The van der Waals surface area contributed by atoms with Crippen molar-refractivity contribution in [3.05, 3.63) is 35.8 Å². The zero-order valence-electron chi connectivity index (χ0n) is 9.50. The van der Waals surface area contributed by atoms with Gasteiger partial charge in [0.15, 0.2) is 6.29 Å². The maximum Gasteiger partial charge on any atom is 0.153 e. The molecule has 0 spiro atoms. The number of aldehydes is 1. The first kappa shape index (κ1) is 10.8. The number of hydrogen-bond donors (Lipinski definition) is 0. The van der Waals surface area contributed by atoms with E-state index in [4.69, 9.17) is 0 Å². The number of carbonyl (C=O) groups excluding carboxylic acids is 1. The van der Waals surface area contributed by atoms with Gasteiger partial charge in [-0.3, -0.25) is 4.79 Å². The van der Waals surface area contributed by atoms with Crippen LogP contribution in [0.2, 0.25) is 0 Å². The highest BCUT2D eigenvalue weighted by atomic mass is 32.2. The summed E-state index contributed by atoms with van der Waals surface area (Å²) in [5.41, 5.74) is 2.58. The number of imidazole rings is 1. The molecule has 17 heavy (non-hydrogen) atoms.